The van der Waals surface area contributed by atoms with Crippen molar-refractivity contribution in [1.29, 1.82) is 5.26 Å². The zero-order chi connectivity index (χ0) is 25.6. The van der Waals surface area contributed by atoms with Crippen molar-refractivity contribution >= 4 is 6.34 Å². The number of alkyl halides is 2. The average Bonchev–Trinajstić information content (AvgIpc) is 2.82. The molecule has 35 heavy (non-hydrogen) atoms. The van der Waals surface area contributed by atoms with Crippen molar-refractivity contribution in [3.05, 3.63) is 94.6 Å². The maximum Gasteiger partial charge on any atom is 0.298 e. The highest BCUT2D eigenvalue weighted by atomic mass is 19.3. The number of rotatable bonds is 9. The molecule has 0 aliphatic carbocycles. The highest BCUT2D eigenvalue weighted by Gasteiger charge is 2.45. The Kier molecular flexibility index (Phi) is 7.83. The molecule has 0 saturated carbocycles. The van der Waals surface area contributed by atoms with Gasteiger partial charge in [-0.05, 0) is 35.9 Å². The third kappa shape index (κ3) is 6.01. The van der Waals surface area contributed by atoms with Crippen LogP contribution in [0.25, 0.3) is 0 Å². The van der Waals surface area contributed by atoms with E-state index in [-0.39, 0.29) is 23.5 Å². The number of hydrogen-bond donors (Lipinski definition) is 2. The summed E-state index contributed by atoms with van der Waals surface area (Å²) < 4.78 is 78.1. The Labute approximate surface area is 197 Å². The van der Waals surface area contributed by atoms with Gasteiger partial charge in [-0.25, -0.2) is 19.0 Å². The molecule has 1 unspecified atom stereocenters. The molecular weight excluding hydrogens is 471 g/mol. The summed E-state index contributed by atoms with van der Waals surface area (Å²) in [6.07, 6.45) is 1.88. The molecule has 0 aliphatic rings. The number of nitriles is 1. The van der Waals surface area contributed by atoms with Crippen LogP contribution < -0.4 is 16.4 Å². The Hall–Kier alpha value is -4.24. The third-order valence-electron chi connectivity index (χ3n) is 5.04. The van der Waals surface area contributed by atoms with Crippen molar-refractivity contribution < 1.29 is 26.7 Å². The van der Waals surface area contributed by atoms with E-state index in [0.29, 0.717) is 6.07 Å². The minimum absolute atomic E-state index is 0.0635. The lowest BCUT2D eigenvalue weighted by atomic mass is 9.89. The lowest BCUT2D eigenvalue weighted by molar-refractivity contribution is -0.0443. The van der Waals surface area contributed by atoms with Crippen molar-refractivity contribution in [1.82, 2.24) is 9.99 Å². The van der Waals surface area contributed by atoms with Crippen LogP contribution in [0, 0.1) is 28.8 Å². The molecule has 0 spiro atoms. The molecule has 12 heteroatoms. The third-order valence-corrected chi connectivity index (χ3v) is 5.04. The summed E-state index contributed by atoms with van der Waals surface area (Å²) in [6, 6.07) is 10.0. The number of hydrogen-bond acceptors (Lipinski definition) is 6. The molecule has 7 nitrogen and oxygen atoms in total. The van der Waals surface area contributed by atoms with Gasteiger partial charge in [-0.1, -0.05) is 12.1 Å². The van der Waals surface area contributed by atoms with E-state index in [9.17, 15) is 13.2 Å². The summed E-state index contributed by atoms with van der Waals surface area (Å²) in [6.45, 7) is -0.868. The molecule has 0 bridgehead atoms. The van der Waals surface area contributed by atoms with Crippen molar-refractivity contribution in [2.24, 2.45) is 16.8 Å². The van der Waals surface area contributed by atoms with Crippen LogP contribution in [0.5, 0.6) is 5.75 Å². The molecule has 0 radical (unpaired) electrons. The lowest BCUT2D eigenvalue weighted by Crippen LogP contribution is -2.40. The normalized spacial score (nSPS) is 12.4. The first kappa shape index (κ1) is 25.4. The number of hydrazone groups is 1. The maximum atomic E-state index is 15.5. The van der Waals surface area contributed by atoms with E-state index in [1.54, 1.807) is 6.07 Å². The van der Waals surface area contributed by atoms with Crippen LogP contribution in [0.1, 0.15) is 28.3 Å². The highest BCUT2D eigenvalue weighted by molar-refractivity contribution is 5.53. The van der Waals surface area contributed by atoms with Crippen LogP contribution in [-0.4, -0.2) is 22.9 Å². The molecule has 3 aromatic rings. The minimum Gasteiger partial charge on any atom is -0.487 e. The van der Waals surface area contributed by atoms with E-state index in [0.717, 1.165) is 41.8 Å². The zero-order valence-corrected chi connectivity index (χ0v) is 18.0. The lowest BCUT2D eigenvalue weighted by Gasteiger charge is -2.29. The van der Waals surface area contributed by atoms with E-state index in [1.165, 1.54) is 18.2 Å². The van der Waals surface area contributed by atoms with Gasteiger partial charge in [0.1, 0.15) is 41.8 Å². The van der Waals surface area contributed by atoms with Gasteiger partial charge in [0.05, 0.1) is 23.7 Å². The fourth-order valence-electron chi connectivity index (χ4n) is 3.27. The van der Waals surface area contributed by atoms with Gasteiger partial charge in [0.25, 0.3) is 5.92 Å². The second-order valence-corrected chi connectivity index (χ2v) is 7.39. The molecule has 1 atom stereocenters. The predicted molar refractivity (Wildman–Crippen MR) is 116 cm³/mol. The summed E-state index contributed by atoms with van der Waals surface area (Å²) in [7, 11) is 0. The Bertz CT molecular complexity index is 1250. The first-order chi connectivity index (χ1) is 16.6. The largest absolute Gasteiger partial charge is 0.487 e. The van der Waals surface area contributed by atoms with Gasteiger partial charge in [-0.15, -0.1) is 0 Å². The number of halogens is 5. The molecule has 1 heterocycles. The molecule has 1 aromatic heterocycles. The van der Waals surface area contributed by atoms with Gasteiger partial charge >= 0.3 is 0 Å². The molecule has 4 N–H and O–H groups in total. The first-order valence-corrected chi connectivity index (χ1v) is 10.0. The SMILES string of the molecule is N#Cc1ccc(COc2ccc(C(F)(F)C(CN(N)/C=N\N)c3ccc(F)cc3F)nc2)c(F)c1. The molecule has 182 valence electrons. The van der Waals surface area contributed by atoms with Crippen LogP contribution >= 0.6 is 0 Å². The van der Waals surface area contributed by atoms with Crippen molar-refractivity contribution in [3.8, 4) is 11.8 Å². The van der Waals surface area contributed by atoms with E-state index in [4.69, 9.17) is 21.7 Å². The first-order valence-electron chi connectivity index (χ1n) is 10.0. The molecular formula is C23H19F5N6O. The van der Waals surface area contributed by atoms with Gasteiger partial charge in [0.15, 0.2) is 0 Å². The second kappa shape index (κ2) is 10.8. The molecule has 3 rings (SSSR count). The minimum atomic E-state index is -3.77. The van der Waals surface area contributed by atoms with Gasteiger partial charge in [-0.2, -0.15) is 19.1 Å². The number of pyridine rings is 1. The Balaban J connectivity index is 1.84. The molecule has 0 aliphatic heterocycles. The summed E-state index contributed by atoms with van der Waals surface area (Å²) in [5, 5.41) is 12.7. The Morgan fingerprint density at radius 1 is 1.11 bits per heavy atom. The van der Waals surface area contributed by atoms with Gasteiger partial charge in [-0.3, -0.25) is 9.99 Å². The van der Waals surface area contributed by atoms with E-state index >= 15 is 8.78 Å². The number of nitrogens with two attached hydrogens (primary N) is 2. The number of hydrazine groups is 1. The standard InChI is InChI=1S/C23H19F5N6O/c24-16-3-5-18(21(26)8-16)19(11-34(31)13-33-30)23(27,28)22-6-4-17(10-32-22)35-12-15-2-1-14(9-29)7-20(15)25/h1-8,10,13,19H,11-12,30-31H2/b33-13-. The fourth-order valence-corrected chi connectivity index (χ4v) is 3.27. The number of benzene rings is 2. The van der Waals surface area contributed by atoms with E-state index in [2.05, 4.69) is 10.1 Å². The summed E-state index contributed by atoms with van der Waals surface area (Å²) in [4.78, 5) is 3.73. The molecule has 0 fully saturated rings. The van der Waals surface area contributed by atoms with Crippen LogP contribution in [0.2, 0.25) is 0 Å². The summed E-state index contributed by atoms with van der Waals surface area (Å²) in [5.74, 6) is 2.24. The predicted octanol–water partition coefficient (Wildman–Crippen LogP) is 3.90. The topological polar surface area (TPSA) is 114 Å². The van der Waals surface area contributed by atoms with Crippen molar-refractivity contribution in [2.75, 3.05) is 6.54 Å². The van der Waals surface area contributed by atoms with Crippen LogP contribution in [0.4, 0.5) is 22.0 Å². The second-order valence-electron chi connectivity index (χ2n) is 7.39. The summed E-state index contributed by atoms with van der Waals surface area (Å²) in [5.41, 5.74) is -0.938. The summed E-state index contributed by atoms with van der Waals surface area (Å²) >= 11 is 0. The van der Waals surface area contributed by atoms with E-state index in [1.807, 2.05) is 0 Å². The number of ether oxygens (including phenoxy) is 1. The monoisotopic (exact) mass is 490 g/mol. The van der Waals surface area contributed by atoms with Crippen molar-refractivity contribution in [3.63, 3.8) is 0 Å². The Morgan fingerprint density at radius 3 is 2.49 bits per heavy atom. The Morgan fingerprint density at radius 2 is 1.89 bits per heavy atom. The average molecular weight is 490 g/mol. The maximum absolute atomic E-state index is 15.5. The molecule has 0 saturated heterocycles. The van der Waals surface area contributed by atoms with Gasteiger partial charge < -0.3 is 10.6 Å². The quantitative estimate of drug-likeness (QED) is 0.155. The van der Waals surface area contributed by atoms with Crippen LogP contribution in [-0.2, 0) is 12.5 Å². The fraction of sp³-hybridized carbons (Fsp3) is 0.174. The van der Waals surface area contributed by atoms with Crippen LogP contribution in [0.15, 0.2) is 59.8 Å². The van der Waals surface area contributed by atoms with Crippen LogP contribution in [0.3, 0.4) is 0 Å². The van der Waals surface area contributed by atoms with Gasteiger partial charge in [0, 0.05) is 18.2 Å². The van der Waals surface area contributed by atoms with E-state index < -0.39 is 47.1 Å². The highest BCUT2D eigenvalue weighted by Crippen LogP contribution is 2.42. The van der Waals surface area contributed by atoms with Gasteiger partial charge in [0.2, 0.25) is 0 Å². The molecule has 0 amide bonds. The number of aromatic nitrogens is 1. The molecule has 2 aromatic carbocycles. The zero-order valence-electron chi connectivity index (χ0n) is 18.0. The smallest absolute Gasteiger partial charge is 0.298 e. The van der Waals surface area contributed by atoms with Crippen molar-refractivity contribution in [2.45, 2.75) is 18.4 Å². The number of nitrogens with zero attached hydrogens (tertiary/aromatic N) is 4.